The molecular formula is C16H21Cl2NO3. The minimum Gasteiger partial charge on any atom is -0.478 e. The van der Waals surface area contributed by atoms with E-state index in [1.807, 2.05) is 24.3 Å². The predicted octanol–water partition coefficient (Wildman–Crippen LogP) is 3.27. The van der Waals surface area contributed by atoms with E-state index in [4.69, 9.17) is 32.7 Å². The minimum absolute atomic E-state index is 0.176. The number of rotatable bonds is 7. The van der Waals surface area contributed by atoms with Crippen molar-refractivity contribution >= 4 is 29.1 Å². The summed E-state index contributed by atoms with van der Waals surface area (Å²) >= 11 is 12.1. The van der Waals surface area contributed by atoms with E-state index in [9.17, 15) is 4.79 Å². The summed E-state index contributed by atoms with van der Waals surface area (Å²) in [5, 5.41) is 2.77. The predicted molar refractivity (Wildman–Crippen MR) is 87.8 cm³/mol. The summed E-state index contributed by atoms with van der Waals surface area (Å²) in [6, 6.07) is 7.54. The summed E-state index contributed by atoms with van der Waals surface area (Å²) in [4.78, 5) is 12.1. The molecule has 22 heavy (non-hydrogen) atoms. The minimum atomic E-state index is -0.961. The molecule has 2 rings (SSSR count). The monoisotopic (exact) mass is 345 g/mol. The van der Waals surface area contributed by atoms with Gasteiger partial charge in [0.15, 0.2) is 5.60 Å². The van der Waals surface area contributed by atoms with E-state index < -0.39 is 9.93 Å². The molecule has 1 N–H and O–H groups in total. The lowest BCUT2D eigenvalue weighted by molar-refractivity contribution is -0.134. The van der Waals surface area contributed by atoms with Crippen LogP contribution in [0, 0.1) is 0 Å². The molecule has 0 radical (unpaired) electrons. The van der Waals surface area contributed by atoms with E-state index in [1.165, 1.54) is 0 Å². The van der Waals surface area contributed by atoms with Crippen LogP contribution in [0.3, 0.4) is 0 Å². The van der Waals surface area contributed by atoms with Crippen molar-refractivity contribution in [1.82, 2.24) is 5.32 Å². The van der Waals surface area contributed by atoms with Crippen molar-refractivity contribution in [3.63, 3.8) is 0 Å². The Kier molecular flexibility index (Phi) is 5.25. The second kappa shape index (κ2) is 6.65. The van der Waals surface area contributed by atoms with Crippen molar-refractivity contribution in [3.05, 3.63) is 29.8 Å². The molecule has 1 amide bonds. The van der Waals surface area contributed by atoms with Crippen molar-refractivity contribution in [2.75, 3.05) is 20.3 Å². The van der Waals surface area contributed by atoms with Gasteiger partial charge in [0.2, 0.25) is 0 Å². The molecule has 1 aliphatic rings. The highest BCUT2D eigenvalue weighted by molar-refractivity contribution is 6.51. The van der Waals surface area contributed by atoms with Crippen molar-refractivity contribution in [2.24, 2.45) is 0 Å². The average molecular weight is 346 g/mol. The molecule has 0 saturated heterocycles. The van der Waals surface area contributed by atoms with Crippen molar-refractivity contribution in [3.8, 4) is 5.75 Å². The first-order valence-corrected chi connectivity index (χ1v) is 7.96. The van der Waals surface area contributed by atoms with E-state index in [1.54, 1.807) is 21.0 Å². The van der Waals surface area contributed by atoms with Crippen molar-refractivity contribution in [1.29, 1.82) is 0 Å². The zero-order chi connectivity index (χ0) is 16.4. The Morgan fingerprint density at radius 1 is 1.36 bits per heavy atom. The van der Waals surface area contributed by atoms with E-state index in [0.29, 0.717) is 18.9 Å². The molecule has 1 atom stereocenters. The Morgan fingerprint density at radius 2 is 1.95 bits per heavy atom. The van der Waals surface area contributed by atoms with Gasteiger partial charge in [0.05, 0.1) is 6.61 Å². The third-order valence-electron chi connectivity index (χ3n) is 3.62. The smallest absolute Gasteiger partial charge is 0.263 e. The zero-order valence-corrected chi connectivity index (χ0v) is 14.5. The largest absolute Gasteiger partial charge is 0.478 e. The first-order chi connectivity index (χ1) is 10.3. The zero-order valence-electron chi connectivity index (χ0n) is 13.0. The first-order valence-electron chi connectivity index (χ1n) is 7.20. The first kappa shape index (κ1) is 17.4. The van der Waals surface area contributed by atoms with Crippen LogP contribution in [0.1, 0.15) is 31.7 Å². The Labute approximate surface area is 141 Å². The van der Waals surface area contributed by atoms with Crippen LogP contribution >= 0.6 is 23.2 Å². The fourth-order valence-electron chi connectivity index (χ4n) is 2.16. The molecule has 1 saturated carbocycles. The van der Waals surface area contributed by atoms with Gasteiger partial charge in [-0.05, 0) is 38.0 Å². The van der Waals surface area contributed by atoms with Crippen molar-refractivity contribution in [2.45, 2.75) is 36.1 Å². The molecule has 1 aromatic rings. The number of alkyl halides is 2. The standard InChI is InChI=1S/C16H21Cl2NO3/c1-15(2,14(20)19-8-9-21-3)22-12-6-4-11(5-7-12)13-10-16(13,17)18/h4-7,13H,8-10H2,1-3H3,(H,19,20)/t13-/m0/s1. The second-order valence-electron chi connectivity index (χ2n) is 5.95. The molecule has 0 spiro atoms. The third-order valence-corrected chi connectivity index (χ3v) is 4.46. The van der Waals surface area contributed by atoms with Crippen LogP contribution in [-0.4, -0.2) is 36.1 Å². The lowest BCUT2D eigenvalue weighted by Crippen LogP contribution is -2.47. The number of ether oxygens (including phenoxy) is 2. The summed E-state index contributed by atoms with van der Waals surface area (Å²) in [6.45, 7) is 4.38. The molecule has 0 bridgehead atoms. The van der Waals surface area contributed by atoms with Crippen LogP contribution in [-0.2, 0) is 9.53 Å². The molecule has 0 aromatic heterocycles. The lowest BCUT2D eigenvalue weighted by atomic mass is 10.1. The van der Waals surface area contributed by atoms with Gasteiger partial charge < -0.3 is 14.8 Å². The number of benzene rings is 1. The molecule has 1 aliphatic carbocycles. The van der Waals surface area contributed by atoms with Crippen LogP contribution in [0.25, 0.3) is 0 Å². The van der Waals surface area contributed by atoms with Gasteiger partial charge in [-0.3, -0.25) is 4.79 Å². The highest BCUT2D eigenvalue weighted by atomic mass is 35.5. The fraction of sp³-hybridized carbons (Fsp3) is 0.562. The van der Waals surface area contributed by atoms with Gasteiger partial charge in [0.25, 0.3) is 5.91 Å². The van der Waals surface area contributed by atoms with E-state index in [-0.39, 0.29) is 11.8 Å². The number of halogens is 2. The molecule has 1 fully saturated rings. The van der Waals surface area contributed by atoms with Gasteiger partial charge in [-0.25, -0.2) is 0 Å². The number of methoxy groups -OCH3 is 1. The van der Waals surface area contributed by atoms with Crippen LogP contribution in [0.2, 0.25) is 0 Å². The Morgan fingerprint density at radius 3 is 2.45 bits per heavy atom. The van der Waals surface area contributed by atoms with E-state index in [2.05, 4.69) is 5.32 Å². The topological polar surface area (TPSA) is 47.6 Å². The fourth-order valence-corrected chi connectivity index (χ4v) is 2.72. The van der Waals surface area contributed by atoms with Crippen LogP contribution in [0.5, 0.6) is 5.75 Å². The SMILES string of the molecule is COCCNC(=O)C(C)(C)Oc1ccc([C@@H]2CC2(Cl)Cl)cc1. The molecular weight excluding hydrogens is 325 g/mol. The molecule has 6 heteroatoms. The highest BCUT2D eigenvalue weighted by Gasteiger charge is 2.52. The maximum absolute atomic E-state index is 12.1. The Hall–Kier alpha value is -0.970. The summed E-state index contributed by atoms with van der Waals surface area (Å²) in [5.74, 6) is 0.623. The van der Waals surface area contributed by atoms with Crippen LogP contribution < -0.4 is 10.1 Å². The number of nitrogens with one attached hydrogen (secondary N) is 1. The van der Waals surface area contributed by atoms with Crippen LogP contribution in [0.4, 0.5) is 0 Å². The van der Waals surface area contributed by atoms with Crippen LogP contribution in [0.15, 0.2) is 24.3 Å². The van der Waals surface area contributed by atoms with E-state index in [0.717, 1.165) is 12.0 Å². The molecule has 1 aromatic carbocycles. The molecule has 122 valence electrons. The van der Waals surface area contributed by atoms with Crippen molar-refractivity contribution < 1.29 is 14.3 Å². The normalized spacial score (nSPS) is 19.6. The average Bonchev–Trinajstić information content (AvgIpc) is 3.08. The molecule has 0 aliphatic heterocycles. The Bertz CT molecular complexity index is 529. The molecule has 0 heterocycles. The van der Waals surface area contributed by atoms with Gasteiger partial charge in [0, 0.05) is 19.6 Å². The maximum atomic E-state index is 12.1. The maximum Gasteiger partial charge on any atom is 0.263 e. The number of hydrogen-bond donors (Lipinski definition) is 1. The second-order valence-corrected chi connectivity index (χ2v) is 7.49. The Balaban J connectivity index is 1.93. The number of carbonyl (C=O) groups excluding carboxylic acids is 1. The van der Waals surface area contributed by atoms with Gasteiger partial charge in [-0.1, -0.05) is 12.1 Å². The molecule has 0 unspecified atom stereocenters. The summed E-state index contributed by atoms with van der Waals surface area (Å²) in [6.07, 6.45) is 0.768. The number of hydrogen-bond acceptors (Lipinski definition) is 3. The number of amides is 1. The van der Waals surface area contributed by atoms with E-state index >= 15 is 0 Å². The van der Waals surface area contributed by atoms with Gasteiger partial charge >= 0.3 is 0 Å². The lowest BCUT2D eigenvalue weighted by Gasteiger charge is -2.25. The number of carbonyl (C=O) groups is 1. The molecule has 4 nitrogen and oxygen atoms in total. The van der Waals surface area contributed by atoms with Gasteiger partial charge in [-0.15, -0.1) is 23.2 Å². The summed E-state index contributed by atoms with van der Waals surface area (Å²) in [7, 11) is 1.59. The highest BCUT2D eigenvalue weighted by Crippen LogP contribution is 2.59. The van der Waals surface area contributed by atoms with Gasteiger partial charge in [0.1, 0.15) is 10.1 Å². The van der Waals surface area contributed by atoms with Gasteiger partial charge in [-0.2, -0.15) is 0 Å². The summed E-state index contributed by atoms with van der Waals surface area (Å²) < 4.78 is 10.1. The summed E-state index contributed by atoms with van der Waals surface area (Å²) in [5.41, 5.74) is 0.122. The third kappa shape index (κ3) is 4.28. The quantitative estimate of drug-likeness (QED) is 0.609.